The molecule has 2 aromatic heterocycles. The molecule has 0 bridgehead atoms. The molecule has 0 fully saturated rings. The lowest BCUT2D eigenvalue weighted by atomic mass is 9.92. The average Bonchev–Trinajstić information content (AvgIpc) is 3.38. The minimum atomic E-state index is -1.36. The van der Waals surface area contributed by atoms with Crippen molar-refractivity contribution in [3.8, 4) is 9.75 Å². The van der Waals surface area contributed by atoms with Gasteiger partial charge in [-0.05, 0) is 56.9 Å². The molecule has 2 rings (SSSR count). The van der Waals surface area contributed by atoms with Crippen LogP contribution in [0.1, 0.15) is 90.2 Å². The monoisotopic (exact) mass is 534 g/mol. The number of hydrogen-bond acceptors (Lipinski definition) is 2. The van der Waals surface area contributed by atoms with Crippen molar-refractivity contribution in [2.45, 2.75) is 131 Å². The summed E-state index contributed by atoms with van der Waals surface area (Å²) in [5.41, 5.74) is 3.39. The van der Waals surface area contributed by atoms with Gasteiger partial charge in [0.2, 0.25) is 0 Å². The minimum Gasteiger partial charge on any atom is -0.144 e. The van der Waals surface area contributed by atoms with Crippen molar-refractivity contribution in [1.82, 2.24) is 0 Å². The molecule has 0 aromatic carbocycles. The van der Waals surface area contributed by atoms with Crippen LogP contribution in [-0.4, -0.2) is 16.1 Å². The van der Waals surface area contributed by atoms with Crippen LogP contribution in [0.3, 0.4) is 0 Å². The van der Waals surface area contributed by atoms with Crippen LogP contribution >= 0.6 is 22.7 Å². The number of rotatable bonds is 15. The van der Waals surface area contributed by atoms with E-state index in [2.05, 4.69) is 102 Å². The van der Waals surface area contributed by atoms with Gasteiger partial charge in [-0.15, -0.1) is 22.7 Å². The highest BCUT2D eigenvalue weighted by Gasteiger charge is 2.28. The smallest absolute Gasteiger partial charge is 0.0907 e. The fourth-order valence-electron chi connectivity index (χ4n) is 5.18. The first-order valence-corrected chi connectivity index (χ1v) is 22.8. The number of hydrogen-bond donors (Lipinski definition) is 0. The van der Waals surface area contributed by atoms with Crippen LogP contribution in [0, 0.1) is 11.8 Å². The molecule has 0 amide bonds. The molecule has 34 heavy (non-hydrogen) atoms. The first-order valence-electron chi connectivity index (χ1n) is 14.2. The number of unbranched alkanes of at least 4 members (excludes halogenated alkanes) is 2. The standard InChI is InChI=1S/C30H54S2Si2/c1-11-15-17-23(13-3)19-25-21-27(31-29(25)33(5,6)7)28-22-26(30(32-28)34(8,9)10)20-24(14-4)18-16-12-2/h21-24H,11-20H2,1-10H3. The zero-order chi connectivity index (χ0) is 25.5. The van der Waals surface area contributed by atoms with Gasteiger partial charge < -0.3 is 0 Å². The normalized spacial score (nSPS) is 14.5. The van der Waals surface area contributed by atoms with Crippen molar-refractivity contribution in [3.63, 3.8) is 0 Å². The summed E-state index contributed by atoms with van der Waals surface area (Å²) in [4.78, 5) is 3.13. The molecule has 2 heterocycles. The van der Waals surface area contributed by atoms with Gasteiger partial charge >= 0.3 is 0 Å². The van der Waals surface area contributed by atoms with Gasteiger partial charge in [0.1, 0.15) is 0 Å². The van der Waals surface area contributed by atoms with Crippen LogP contribution in [0.4, 0.5) is 0 Å². The summed E-state index contributed by atoms with van der Waals surface area (Å²) in [6.45, 7) is 24.7. The van der Waals surface area contributed by atoms with Crippen LogP contribution < -0.4 is 9.00 Å². The first-order chi connectivity index (χ1) is 15.9. The van der Waals surface area contributed by atoms with E-state index in [1.807, 2.05) is 0 Å². The Labute approximate surface area is 223 Å². The van der Waals surface area contributed by atoms with Gasteiger partial charge in [0, 0.05) is 9.75 Å². The highest BCUT2D eigenvalue weighted by Crippen LogP contribution is 2.36. The van der Waals surface area contributed by atoms with Crippen LogP contribution in [0.15, 0.2) is 12.1 Å². The van der Waals surface area contributed by atoms with E-state index in [9.17, 15) is 0 Å². The predicted molar refractivity (Wildman–Crippen MR) is 168 cm³/mol. The molecule has 0 nitrogen and oxygen atoms in total. The van der Waals surface area contributed by atoms with Crippen LogP contribution in [0.25, 0.3) is 9.75 Å². The fraction of sp³-hybridized carbons (Fsp3) is 0.733. The van der Waals surface area contributed by atoms with Crippen molar-refractivity contribution in [1.29, 1.82) is 0 Å². The molecule has 0 spiro atoms. The molecule has 2 atom stereocenters. The van der Waals surface area contributed by atoms with E-state index < -0.39 is 16.1 Å². The van der Waals surface area contributed by atoms with Gasteiger partial charge in [-0.25, -0.2) is 0 Å². The van der Waals surface area contributed by atoms with E-state index in [1.165, 1.54) is 64.2 Å². The van der Waals surface area contributed by atoms with E-state index >= 15 is 0 Å². The first kappa shape index (κ1) is 30.1. The largest absolute Gasteiger partial charge is 0.144 e. The van der Waals surface area contributed by atoms with Crippen molar-refractivity contribution >= 4 is 47.8 Å². The summed E-state index contributed by atoms with van der Waals surface area (Å²) in [6.07, 6.45) is 13.4. The highest BCUT2D eigenvalue weighted by atomic mass is 32.1. The molecule has 0 N–H and O–H groups in total. The Kier molecular flexibility index (Phi) is 11.8. The third kappa shape index (κ3) is 8.45. The van der Waals surface area contributed by atoms with E-state index in [0.29, 0.717) is 0 Å². The lowest BCUT2D eigenvalue weighted by molar-refractivity contribution is 0.450. The van der Waals surface area contributed by atoms with Gasteiger partial charge in [-0.1, -0.05) is 118 Å². The average molecular weight is 535 g/mol. The van der Waals surface area contributed by atoms with E-state index in [4.69, 9.17) is 0 Å². The third-order valence-electron chi connectivity index (χ3n) is 7.33. The van der Waals surface area contributed by atoms with Gasteiger partial charge in [0.05, 0.1) is 16.1 Å². The summed E-state index contributed by atoms with van der Waals surface area (Å²) >= 11 is 4.31. The molecule has 0 aliphatic carbocycles. The van der Waals surface area contributed by atoms with Gasteiger partial charge in [0.25, 0.3) is 0 Å². The molecular weight excluding hydrogens is 481 g/mol. The lowest BCUT2D eigenvalue weighted by Gasteiger charge is -2.20. The topological polar surface area (TPSA) is 0 Å². The van der Waals surface area contributed by atoms with Gasteiger partial charge in [0.15, 0.2) is 0 Å². The van der Waals surface area contributed by atoms with Gasteiger partial charge in [-0.3, -0.25) is 0 Å². The molecular formula is C30H54S2Si2. The molecule has 0 aliphatic heterocycles. The van der Waals surface area contributed by atoms with Crippen molar-refractivity contribution in [2.75, 3.05) is 0 Å². The van der Waals surface area contributed by atoms with Crippen molar-refractivity contribution in [2.24, 2.45) is 11.8 Å². The lowest BCUT2D eigenvalue weighted by Crippen LogP contribution is -2.38. The predicted octanol–water partition coefficient (Wildman–Crippen LogP) is 10.1. The van der Waals surface area contributed by atoms with Crippen molar-refractivity contribution < 1.29 is 0 Å². The molecule has 0 saturated carbocycles. The summed E-state index contributed by atoms with van der Waals surface area (Å²) in [7, 11) is -2.72. The van der Waals surface area contributed by atoms with E-state index in [1.54, 1.807) is 29.9 Å². The molecule has 0 aliphatic rings. The second-order valence-corrected chi connectivity index (χ2v) is 25.5. The Morgan fingerprint density at radius 1 is 0.618 bits per heavy atom. The Morgan fingerprint density at radius 2 is 0.971 bits per heavy atom. The zero-order valence-corrected chi connectivity index (χ0v) is 27.8. The molecule has 0 radical (unpaired) electrons. The van der Waals surface area contributed by atoms with Gasteiger partial charge in [-0.2, -0.15) is 0 Å². The second kappa shape index (κ2) is 13.4. The summed E-state index contributed by atoms with van der Waals surface area (Å²) in [5, 5.41) is 0. The highest BCUT2D eigenvalue weighted by molar-refractivity contribution is 7.34. The van der Waals surface area contributed by atoms with Crippen LogP contribution in [0.2, 0.25) is 39.3 Å². The molecule has 2 unspecified atom stereocenters. The minimum absolute atomic E-state index is 0.845. The Balaban J connectivity index is 2.45. The molecule has 2 aromatic rings. The van der Waals surface area contributed by atoms with Crippen molar-refractivity contribution in [3.05, 3.63) is 23.3 Å². The van der Waals surface area contributed by atoms with E-state index in [-0.39, 0.29) is 0 Å². The third-order valence-corrected chi connectivity index (χ3v) is 17.2. The number of thiophene rings is 2. The molecule has 194 valence electrons. The van der Waals surface area contributed by atoms with E-state index in [0.717, 1.165) is 11.8 Å². The SMILES string of the molecule is CCCCC(CC)Cc1cc(-c2cc(CC(CC)CCCC)c([Si](C)(C)C)s2)sc1[Si](C)(C)C. The van der Waals surface area contributed by atoms with Crippen LogP contribution in [-0.2, 0) is 12.8 Å². The summed E-state index contributed by atoms with van der Waals surface area (Å²) in [6, 6.07) is 5.26. The quantitative estimate of drug-likeness (QED) is 0.199. The zero-order valence-electron chi connectivity index (χ0n) is 24.2. The Morgan fingerprint density at radius 3 is 1.24 bits per heavy atom. The Hall–Kier alpha value is -0.166. The maximum atomic E-state index is 2.63. The molecule has 4 heteroatoms. The van der Waals surface area contributed by atoms with Crippen LogP contribution in [0.5, 0.6) is 0 Å². The summed E-state index contributed by atoms with van der Waals surface area (Å²) in [5.74, 6) is 1.69. The molecule has 0 saturated heterocycles. The maximum Gasteiger partial charge on any atom is 0.0907 e. The Bertz CT molecular complexity index is 791. The fourth-order valence-corrected chi connectivity index (χ4v) is 12.5. The maximum absolute atomic E-state index is 2.63. The second-order valence-electron chi connectivity index (χ2n) is 12.7. The summed E-state index contributed by atoms with van der Waals surface area (Å²) < 4.78 is 3.52.